The number of rotatable bonds is 2. The summed E-state index contributed by atoms with van der Waals surface area (Å²) in [6, 6.07) is 13.2. The quantitative estimate of drug-likeness (QED) is 0.918. The standard InChI is InChI=1S/C15H18N2O2S/c1-12-11-17(10-9-16-12)20(18,19)15-8-4-6-13-5-2-3-7-14(13)15/h2-8,12,16H,9-11H2,1H3/t12-/m1/s1. The zero-order valence-corrected chi connectivity index (χ0v) is 12.2. The molecule has 1 fully saturated rings. The van der Waals surface area contributed by atoms with Crippen molar-refractivity contribution in [3.63, 3.8) is 0 Å². The normalized spacial score (nSPS) is 21.1. The van der Waals surface area contributed by atoms with Gasteiger partial charge in [-0.3, -0.25) is 0 Å². The molecule has 2 aromatic rings. The Bertz CT molecular complexity index is 722. The molecular formula is C15H18N2O2S. The van der Waals surface area contributed by atoms with Crippen molar-refractivity contribution in [2.75, 3.05) is 19.6 Å². The second kappa shape index (κ2) is 5.16. The molecule has 0 aromatic heterocycles. The lowest BCUT2D eigenvalue weighted by molar-refractivity contribution is 0.310. The molecule has 0 radical (unpaired) electrons. The molecule has 0 bridgehead atoms. The van der Waals surface area contributed by atoms with E-state index in [2.05, 4.69) is 5.32 Å². The van der Waals surface area contributed by atoms with Crippen LogP contribution in [-0.2, 0) is 10.0 Å². The number of fused-ring (bicyclic) bond motifs is 1. The van der Waals surface area contributed by atoms with Crippen molar-refractivity contribution in [3.8, 4) is 0 Å². The third-order valence-electron chi connectivity index (χ3n) is 3.70. The lowest BCUT2D eigenvalue weighted by Crippen LogP contribution is -2.51. The van der Waals surface area contributed by atoms with Crippen molar-refractivity contribution >= 4 is 20.8 Å². The topological polar surface area (TPSA) is 49.4 Å². The van der Waals surface area contributed by atoms with Crippen molar-refractivity contribution in [1.29, 1.82) is 0 Å². The largest absolute Gasteiger partial charge is 0.312 e. The van der Waals surface area contributed by atoms with Gasteiger partial charge in [0.25, 0.3) is 0 Å². The van der Waals surface area contributed by atoms with Gasteiger partial charge in [0.2, 0.25) is 10.0 Å². The molecule has 0 saturated carbocycles. The van der Waals surface area contributed by atoms with E-state index in [4.69, 9.17) is 0 Å². The number of hydrogen-bond acceptors (Lipinski definition) is 3. The minimum absolute atomic E-state index is 0.188. The van der Waals surface area contributed by atoms with E-state index in [1.54, 1.807) is 16.4 Å². The smallest absolute Gasteiger partial charge is 0.243 e. The molecule has 3 rings (SSSR count). The van der Waals surface area contributed by atoms with Crippen LogP contribution in [0.1, 0.15) is 6.92 Å². The molecule has 1 N–H and O–H groups in total. The van der Waals surface area contributed by atoms with Crippen LogP contribution in [0.4, 0.5) is 0 Å². The van der Waals surface area contributed by atoms with Gasteiger partial charge in [0.1, 0.15) is 0 Å². The van der Waals surface area contributed by atoms with Crippen LogP contribution in [-0.4, -0.2) is 38.4 Å². The summed E-state index contributed by atoms with van der Waals surface area (Å²) in [6.45, 7) is 3.75. The third kappa shape index (κ3) is 2.32. The molecule has 1 atom stereocenters. The molecule has 0 spiro atoms. The maximum absolute atomic E-state index is 12.8. The maximum Gasteiger partial charge on any atom is 0.243 e. The Kier molecular flexibility index (Phi) is 3.50. The number of benzene rings is 2. The Balaban J connectivity index is 2.09. The van der Waals surface area contributed by atoms with E-state index in [-0.39, 0.29) is 6.04 Å². The van der Waals surface area contributed by atoms with Gasteiger partial charge in [-0.05, 0) is 18.4 Å². The molecule has 4 nitrogen and oxygen atoms in total. The predicted octanol–water partition coefficient (Wildman–Crippen LogP) is 1.82. The van der Waals surface area contributed by atoms with Crippen LogP contribution in [0, 0.1) is 0 Å². The Morgan fingerprint density at radius 1 is 1.15 bits per heavy atom. The van der Waals surface area contributed by atoms with Crippen LogP contribution in [0.2, 0.25) is 0 Å². The summed E-state index contributed by atoms with van der Waals surface area (Å²) in [4.78, 5) is 0.407. The van der Waals surface area contributed by atoms with Crippen molar-refractivity contribution in [2.24, 2.45) is 0 Å². The summed E-state index contributed by atoms with van der Waals surface area (Å²) in [7, 11) is -3.43. The first-order valence-electron chi connectivity index (χ1n) is 6.80. The average molecular weight is 290 g/mol. The molecule has 0 aliphatic carbocycles. The van der Waals surface area contributed by atoms with E-state index in [0.717, 1.165) is 10.8 Å². The van der Waals surface area contributed by atoms with Crippen LogP contribution in [0.5, 0.6) is 0 Å². The zero-order chi connectivity index (χ0) is 14.2. The highest BCUT2D eigenvalue weighted by molar-refractivity contribution is 7.89. The molecule has 1 aliphatic rings. The SMILES string of the molecule is C[C@@H]1CN(S(=O)(=O)c2cccc3ccccc23)CCN1. The maximum atomic E-state index is 12.8. The highest BCUT2D eigenvalue weighted by Crippen LogP contribution is 2.26. The van der Waals surface area contributed by atoms with Gasteiger partial charge in [-0.1, -0.05) is 36.4 Å². The number of nitrogens with one attached hydrogen (secondary N) is 1. The van der Waals surface area contributed by atoms with Crippen LogP contribution in [0.15, 0.2) is 47.4 Å². The second-order valence-electron chi connectivity index (χ2n) is 5.20. The van der Waals surface area contributed by atoms with Gasteiger partial charge >= 0.3 is 0 Å². The van der Waals surface area contributed by atoms with Crippen LogP contribution < -0.4 is 5.32 Å². The van der Waals surface area contributed by atoms with Gasteiger partial charge in [0.05, 0.1) is 4.90 Å². The summed E-state index contributed by atoms with van der Waals surface area (Å²) < 4.78 is 27.3. The van der Waals surface area contributed by atoms with Gasteiger partial charge in [-0.2, -0.15) is 4.31 Å². The van der Waals surface area contributed by atoms with E-state index in [1.807, 2.05) is 37.3 Å². The Labute approximate surface area is 119 Å². The average Bonchev–Trinajstić information content (AvgIpc) is 2.46. The lowest BCUT2D eigenvalue weighted by Gasteiger charge is -2.31. The van der Waals surface area contributed by atoms with Gasteiger partial charge in [0.15, 0.2) is 0 Å². The van der Waals surface area contributed by atoms with E-state index in [9.17, 15) is 8.42 Å². The molecule has 5 heteroatoms. The van der Waals surface area contributed by atoms with Gasteiger partial charge < -0.3 is 5.32 Å². The fraction of sp³-hybridized carbons (Fsp3) is 0.333. The summed E-state index contributed by atoms with van der Waals surface area (Å²) in [6.07, 6.45) is 0. The van der Waals surface area contributed by atoms with Crippen LogP contribution in [0.3, 0.4) is 0 Å². The van der Waals surface area contributed by atoms with Crippen molar-refractivity contribution < 1.29 is 8.42 Å². The molecule has 20 heavy (non-hydrogen) atoms. The molecule has 1 heterocycles. The highest BCUT2D eigenvalue weighted by Gasteiger charge is 2.29. The first kappa shape index (κ1) is 13.5. The highest BCUT2D eigenvalue weighted by atomic mass is 32.2. The zero-order valence-electron chi connectivity index (χ0n) is 11.4. The lowest BCUT2D eigenvalue weighted by atomic mass is 10.1. The minimum atomic E-state index is -3.43. The molecule has 0 amide bonds. The predicted molar refractivity (Wildman–Crippen MR) is 80.2 cm³/mol. The molecule has 1 saturated heterocycles. The minimum Gasteiger partial charge on any atom is -0.312 e. The molecular weight excluding hydrogens is 272 g/mol. The van der Waals surface area contributed by atoms with E-state index < -0.39 is 10.0 Å². The molecule has 2 aromatic carbocycles. The fourth-order valence-corrected chi connectivity index (χ4v) is 4.42. The monoisotopic (exact) mass is 290 g/mol. The molecule has 106 valence electrons. The summed E-state index contributed by atoms with van der Waals surface area (Å²) in [5.41, 5.74) is 0. The molecule has 1 aliphatic heterocycles. The first-order chi connectivity index (χ1) is 9.59. The fourth-order valence-electron chi connectivity index (χ4n) is 2.67. The first-order valence-corrected chi connectivity index (χ1v) is 8.24. The van der Waals surface area contributed by atoms with Crippen molar-refractivity contribution in [2.45, 2.75) is 17.9 Å². The number of nitrogens with zero attached hydrogens (tertiary/aromatic N) is 1. The third-order valence-corrected chi connectivity index (χ3v) is 5.62. The second-order valence-corrected chi connectivity index (χ2v) is 7.10. The van der Waals surface area contributed by atoms with Gasteiger partial charge in [0, 0.05) is 31.1 Å². The molecule has 0 unspecified atom stereocenters. The summed E-state index contributed by atoms with van der Waals surface area (Å²) in [5, 5.41) is 5.01. The van der Waals surface area contributed by atoms with Gasteiger partial charge in [-0.25, -0.2) is 8.42 Å². The van der Waals surface area contributed by atoms with Gasteiger partial charge in [-0.15, -0.1) is 0 Å². The number of hydrogen-bond donors (Lipinski definition) is 1. The summed E-state index contributed by atoms with van der Waals surface area (Å²) >= 11 is 0. The van der Waals surface area contributed by atoms with E-state index >= 15 is 0 Å². The van der Waals surface area contributed by atoms with E-state index in [0.29, 0.717) is 24.5 Å². The van der Waals surface area contributed by atoms with Crippen molar-refractivity contribution in [3.05, 3.63) is 42.5 Å². The van der Waals surface area contributed by atoms with Crippen molar-refractivity contribution in [1.82, 2.24) is 9.62 Å². The number of piperazine rings is 1. The Hall–Kier alpha value is -1.43. The van der Waals surface area contributed by atoms with Crippen LogP contribution in [0.25, 0.3) is 10.8 Å². The van der Waals surface area contributed by atoms with E-state index in [1.165, 1.54) is 0 Å². The summed E-state index contributed by atoms with van der Waals surface area (Å²) in [5.74, 6) is 0. The number of sulfonamides is 1. The Morgan fingerprint density at radius 2 is 1.90 bits per heavy atom. The van der Waals surface area contributed by atoms with Crippen LogP contribution >= 0.6 is 0 Å². The Morgan fingerprint density at radius 3 is 2.70 bits per heavy atom.